The summed E-state index contributed by atoms with van der Waals surface area (Å²) in [4.78, 5) is 2.30. The summed E-state index contributed by atoms with van der Waals surface area (Å²) in [6.07, 6.45) is 2.11. The molecule has 0 saturated carbocycles. The molecule has 0 radical (unpaired) electrons. The van der Waals surface area contributed by atoms with Crippen molar-refractivity contribution in [3.8, 4) is 0 Å². The van der Waals surface area contributed by atoms with Crippen molar-refractivity contribution in [1.82, 2.24) is 4.90 Å². The standard InChI is InChI=1S/C14H19BrFNO/c1-2-17-8-3-6-14(18,7-9-17)12-10-11(15)4-5-13(12)16/h4-5,10,18H,2-3,6-9H2,1H3. The first kappa shape index (κ1) is 14.0. The summed E-state index contributed by atoms with van der Waals surface area (Å²) in [5, 5.41) is 10.8. The van der Waals surface area contributed by atoms with Crippen LogP contribution >= 0.6 is 15.9 Å². The van der Waals surface area contributed by atoms with Crippen molar-refractivity contribution in [3.05, 3.63) is 34.1 Å². The number of aliphatic hydroxyl groups is 1. The molecule has 1 aliphatic heterocycles. The Balaban J connectivity index is 2.27. The van der Waals surface area contributed by atoms with Crippen molar-refractivity contribution in [1.29, 1.82) is 0 Å². The lowest BCUT2D eigenvalue weighted by molar-refractivity contribution is 0.0179. The van der Waals surface area contributed by atoms with Gasteiger partial charge in [-0.1, -0.05) is 22.9 Å². The Morgan fingerprint density at radius 2 is 2.17 bits per heavy atom. The normalized spacial score (nSPS) is 26.0. The van der Waals surface area contributed by atoms with Crippen LogP contribution < -0.4 is 0 Å². The summed E-state index contributed by atoms with van der Waals surface area (Å²) in [7, 11) is 0. The van der Waals surface area contributed by atoms with Gasteiger partial charge in [0, 0.05) is 16.6 Å². The number of benzene rings is 1. The van der Waals surface area contributed by atoms with E-state index >= 15 is 0 Å². The molecule has 1 N–H and O–H groups in total. The molecule has 1 fully saturated rings. The highest BCUT2D eigenvalue weighted by Crippen LogP contribution is 2.35. The maximum absolute atomic E-state index is 13.9. The van der Waals surface area contributed by atoms with Gasteiger partial charge in [-0.05, 0) is 50.6 Å². The van der Waals surface area contributed by atoms with Crippen molar-refractivity contribution in [2.75, 3.05) is 19.6 Å². The van der Waals surface area contributed by atoms with E-state index in [0.717, 1.165) is 30.5 Å². The van der Waals surface area contributed by atoms with E-state index in [1.807, 2.05) is 0 Å². The van der Waals surface area contributed by atoms with Crippen LogP contribution in [0.5, 0.6) is 0 Å². The molecule has 1 aromatic rings. The first-order chi connectivity index (χ1) is 8.55. The molecule has 18 heavy (non-hydrogen) atoms. The molecule has 4 heteroatoms. The lowest BCUT2D eigenvalue weighted by Gasteiger charge is -2.28. The van der Waals surface area contributed by atoms with E-state index in [9.17, 15) is 9.50 Å². The van der Waals surface area contributed by atoms with Gasteiger partial charge in [-0.15, -0.1) is 0 Å². The van der Waals surface area contributed by atoms with Crippen molar-refractivity contribution in [2.45, 2.75) is 31.8 Å². The Hall–Kier alpha value is -0.450. The SMILES string of the molecule is CCN1CCCC(O)(c2cc(Br)ccc2F)CC1. The van der Waals surface area contributed by atoms with Gasteiger partial charge in [0.25, 0.3) is 0 Å². The van der Waals surface area contributed by atoms with Gasteiger partial charge in [0.1, 0.15) is 5.82 Å². The highest BCUT2D eigenvalue weighted by atomic mass is 79.9. The van der Waals surface area contributed by atoms with Gasteiger partial charge in [0.2, 0.25) is 0 Å². The average Bonchev–Trinajstić information content (AvgIpc) is 2.55. The van der Waals surface area contributed by atoms with Crippen molar-refractivity contribution < 1.29 is 9.50 Å². The molecule has 2 rings (SSSR count). The molecule has 0 aliphatic carbocycles. The minimum atomic E-state index is -1.03. The highest BCUT2D eigenvalue weighted by Gasteiger charge is 2.34. The molecule has 0 amide bonds. The molecule has 0 spiro atoms. The summed E-state index contributed by atoms with van der Waals surface area (Å²) < 4.78 is 14.7. The fourth-order valence-corrected chi connectivity index (χ4v) is 2.98. The Labute approximate surface area is 116 Å². The molecule has 0 aromatic heterocycles. The zero-order valence-electron chi connectivity index (χ0n) is 10.6. The third-order valence-electron chi connectivity index (χ3n) is 3.78. The third kappa shape index (κ3) is 2.92. The van der Waals surface area contributed by atoms with E-state index in [1.54, 1.807) is 12.1 Å². The molecule has 1 unspecified atom stereocenters. The van der Waals surface area contributed by atoms with E-state index in [2.05, 4.69) is 27.8 Å². The summed E-state index contributed by atoms with van der Waals surface area (Å²) >= 11 is 3.34. The zero-order chi connectivity index (χ0) is 13.2. The lowest BCUT2D eigenvalue weighted by atomic mass is 9.86. The average molecular weight is 316 g/mol. The minimum absolute atomic E-state index is 0.314. The Morgan fingerprint density at radius 3 is 2.89 bits per heavy atom. The largest absolute Gasteiger partial charge is 0.385 e. The summed E-state index contributed by atoms with van der Waals surface area (Å²) in [6.45, 7) is 4.90. The minimum Gasteiger partial charge on any atom is -0.385 e. The van der Waals surface area contributed by atoms with Crippen LogP contribution in [-0.4, -0.2) is 29.6 Å². The lowest BCUT2D eigenvalue weighted by Crippen LogP contribution is -2.30. The molecule has 100 valence electrons. The first-order valence-corrected chi connectivity index (χ1v) is 7.25. The zero-order valence-corrected chi connectivity index (χ0v) is 12.2. The van der Waals surface area contributed by atoms with Crippen LogP contribution in [-0.2, 0) is 5.60 Å². The van der Waals surface area contributed by atoms with Gasteiger partial charge in [-0.3, -0.25) is 0 Å². The van der Waals surface area contributed by atoms with E-state index in [-0.39, 0.29) is 5.82 Å². The summed E-state index contributed by atoms with van der Waals surface area (Å²) in [5.41, 5.74) is -0.604. The molecule has 1 aliphatic rings. The molecule has 2 nitrogen and oxygen atoms in total. The second kappa shape index (κ2) is 5.68. The smallest absolute Gasteiger partial charge is 0.129 e. The second-order valence-electron chi connectivity index (χ2n) is 4.94. The van der Waals surface area contributed by atoms with E-state index < -0.39 is 5.60 Å². The molecular weight excluding hydrogens is 297 g/mol. The van der Waals surface area contributed by atoms with Crippen LogP contribution in [0.2, 0.25) is 0 Å². The Bertz CT molecular complexity index is 426. The second-order valence-corrected chi connectivity index (χ2v) is 5.86. The van der Waals surface area contributed by atoms with E-state index in [4.69, 9.17) is 0 Å². The first-order valence-electron chi connectivity index (χ1n) is 6.45. The fourth-order valence-electron chi connectivity index (χ4n) is 2.61. The van der Waals surface area contributed by atoms with Crippen molar-refractivity contribution in [3.63, 3.8) is 0 Å². The van der Waals surface area contributed by atoms with E-state index in [1.165, 1.54) is 6.07 Å². The van der Waals surface area contributed by atoms with Crippen LogP contribution in [0.15, 0.2) is 22.7 Å². The van der Waals surface area contributed by atoms with Gasteiger partial charge in [0.15, 0.2) is 0 Å². The van der Waals surface area contributed by atoms with E-state index in [0.29, 0.717) is 18.4 Å². The maximum atomic E-state index is 13.9. The number of hydrogen-bond acceptors (Lipinski definition) is 2. The van der Waals surface area contributed by atoms with Gasteiger partial charge < -0.3 is 10.0 Å². The number of hydrogen-bond donors (Lipinski definition) is 1. The number of likely N-dealkylation sites (tertiary alicyclic amines) is 1. The van der Waals surface area contributed by atoms with Crippen LogP contribution in [0, 0.1) is 5.82 Å². The van der Waals surface area contributed by atoms with Gasteiger partial charge >= 0.3 is 0 Å². The monoisotopic (exact) mass is 315 g/mol. The molecule has 0 bridgehead atoms. The fraction of sp³-hybridized carbons (Fsp3) is 0.571. The topological polar surface area (TPSA) is 23.5 Å². The molecule has 1 aromatic carbocycles. The number of rotatable bonds is 2. The molecule has 1 saturated heterocycles. The van der Waals surface area contributed by atoms with Crippen LogP contribution in [0.25, 0.3) is 0 Å². The van der Waals surface area contributed by atoms with Crippen LogP contribution in [0.1, 0.15) is 31.7 Å². The maximum Gasteiger partial charge on any atom is 0.129 e. The molecule has 1 atom stereocenters. The quantitative estimate of drug-likeness (QED) is 0.905. The van der Waals surface area contributed by atoms with Gasteiger partial charge in [-0.25, -0.2) is 4.39 Å². The van der Waals surface area contributed by atoms with Crippen LogP contribution in [0.4, 0.5) is 4.39 Å². The summed E-state index contributed by atoms with van der Waals surface area (Å²) in [5.74, 6) is -0.314. The van der Waals surface area contributed by atoms with Crippen molar-refractivity contribution >= 4 is 15.9 Å². The number of halogens is 2. The van der Waals surface area contributed by atoms with Gasteiger partial charge in [0.05, 0.1) is 5.60 Å². The Kier molecular flexibility index (Phi) is 4.41. The highest BCUT2D eigenvalue weighted by molar-refractivity contribution is 9.10. The third-order valence-corrected chi connectivity index (χ3v) is 4.28. The summed E-state index contributed by atoms with van der Waals surface area (Å²) in [6, 6.07) is 4.79. The molecular formula is C14H19BrFNO. The molecule has 1 heterocycles. The predicted molar refractivity (Wildman–Crippen MR) is 74.0 cm³/mol. The predicted octanol–water partition coefficient (Wildman–Crippen LogP) is 3.28. The van der Waals surface area contributed by atoms with Crippen molar-refractivity contribution in [2.24, 2.45) is 0 Å². The van der Waals surface area contributed by atoms with Crippen LogP contribution in [0.3, 0.4) is 0 Å². The number of nitrogens with zero attached hydrogens (tertiary/aromatic N) is 1. The van der Waals surface area contributed by atoms with Gasteiger partial charge in [-0.2, -0.15) is 0 Å². The Morgan fingerprint density at radius 1 is 1.39 bits per heavy atom.